The first-order valence-corrected chi connectivity index (χ1v) is 13.2. The maximum atomic E-state index is 13.9. The van der Waals surface area contributed by atoms with Crippen molar-refractivity contribution in [3.8, 4) is 11.5 Å². The Balaban J connectivity index is 1.77. The second kappa shape index (κ2) is 12.3. The van der Waals surface area contributed by atoms with Gasteiger partial charge in [0.2, 0.25) is 0 Å². The number of benzene rings is 2. The van der Waals surface area contributed by atoms with E-state index in [9.17, 15) is 19.7 Å². The number of aryl methyl sites for hydroxylation is 1. The molecular weight excluding hydrogens is 516 g/mol. The number of rotatable bonds is 10. The number of ketones is 1. The topological polar surface area (TPSA) is 126 Å². The van der Waals surface area contributed by atoms with E-state index in [0.29, 0.717) is 52.6 Å². The lowest BCUT2D eigenvalue weighted by atomic mass is 9.71. The molecule has 2 aliphatic rings. The number of nitrogens with one attached hydrogen (secondary N) is 1. The van der Waals surface area contributed by atoms with E-state index in [0.717, 1.165) is 5.56 Å². The molecule has 1 heterocycles. The molecule has 40 heavy (non-hydrogen) atoms. The third-order valence-corrected chi connectivity index (χ3v) is 7.35. The molecule has 2 aromatic rings. The largest absolute Gasteiger partial charge is 0.493 e. The van der Waals surface area contributed by atoms with Gasteiger partial charge in [-0.25, -0.2) is 4.79 Å². The minimum Gasteiger partial charge on any atom is -0.493 e. The molecule has 212 valence electrons. The molecule has 0 saturated carbocycles. The standard InChI is InChI=1S/C30H34N2O8/c1-6-39-11-12-40-30(34)27-18(3)31-22-13-21(19-9-10-25(37-4)26(16-19)38-5)15-24(33)29(22)28(27)20-8-7-17(2)23(14-20)32(35)36/h7-10,14,16,21,28,31H,6,11-13,15H2,1-5H3. The lowest BCUT2D eigenvalue weighted by Gasteiger charge is -2.36. The Bertz CT molecular complexity index is 1390. The van der Waals surface area contributed by atoms with E-state index in [4.69, 9.17) is 18.9 Å². The van der Waals surface area contributed by atoms with Gasteiger partial charge in [0.15, 0.2) is 17.3 Å². The molecule has 0 aromatic heterocycles. The van der Waals surface area contributed by atoms with Crippen LogP contribution >= 0.6 is 0 Å². The van der Waals surface area contributed by atoms with E-state index >= 15 is 0 Å². The average Bonchev–Trinajstić information content (AvgIpc) is 2.94. The number of carbonyl (C=O) groups is 2. The Hall–Kier alpha value is -4.18. The summed E-state index contributed by atoms with van der Waals surface area (Å²) < 4.78 is 21.6. The van der Waals surface area contributed by atoms with Crippen LogP contribution < -0.4 is 14.8 Å². The fourth-order valence-corrected chi connectivity index (χ4v) is 5.40. The third kappa shape index (κ3) is 5.72. The maximum Gasteiger partial charge on any atom is 0.336 e. The molecule has 0 radical (unpaired) electrons. The van der Waals surface area contributed by atoms with Crippen LogP contribution in [0.5, 0.6) is 11.5 Å². The minimum absolute atomic E-state index is 0.0471. The first-order valence-electron chi connectivity index (χ1n) is 13.2. The first kappa shape index (κ1) is 28.8. The van der Waals surface area contributed by atoms with Crippen molar-refractivity contribution < 1.29 is 33.5 Å². The molecule has 1 aliphatic carbocycles. The minimum atomic E-state index is -0.811. The molecular formula is C30H34N2O8. The molecule has 1 N–H and O–H groups in total. The number of esters is 1. The second-order valence-electron chi connectivity index (χ2n) is 9.77. The zero-order chi connectivity index (χ0) is 29.0. The van der Waals surface area contributed by atoms with E-state index in [1.165, 1.54) is 6.07 Å². The summed E-state index contributed by atoms with van der Waals surface area (Å²) in [5.74, 6) is -0.528. The van der Waals surface area contributed by atoms with Gasteiger partial charge in [-0.2, -0.15) is 0 Å². The van der Waals surface area contributed by atoms with Gasteiger partial charge in [0.05, 0.1) is 31.3 Å². The van der Waals surface area contributed by atoms with Crippen LogP contribution in [0.1, 0.15) is 55.2 Å². The fraction of sp³-hybridized carbons (Fsp3) is 0.400. The predicted molar refractivity (Wildman–Crippen MR) is 147 cm³/mol. The molecule has 2 aromatic carbocycles. The number of nitrogens with zero attached hydrogens (tertiary/aromatic N) is 1. The molecule has 2 unspecified atom stereocenters. The highest BCUT2D eigenvalue weighted by Crippen LogP contribution is 2.47. The van der Waals surface area contributed by atoms with Gasteiger partial charge in [-0.15, -0.1) is 0 Å². The number of ether oxygens (including phenoxy) is 4. The molecule has 2 atom stereocenters. The van der Waals surface area contributed by atoms with Crippen molar-refractivity contribution in [3.63, 3.8) is 0 Å². The van der Waals surface area contributed by atoms with E-state index in [1.807, 2.05) is 25.1 Å². The van der Waals surface area contributed by atoms with Crippen LogP contribution in [0.25, 0.3) is 0 Å². The number of nitro benzene ring substituents is 1. The first-order chi connectivity index (χ1) is 19.2. The van der Waals surface area contributed by atoms with Crippen LogP contribution in [0.3, 0.4) is 0 Å². The number of hydrogen-bond donors (Lipinski definition) is 1. The molecule has 0 bridgehead atoms. The van der Waals surface area contributed by atoms with E-state index in [-0.39, 0.29) is 42.6 Å². The van der Waals surface area contributed by atoms with Gasteiger partial charge in [0.25, 0.3) is 5.69 Å². The van der Waals surface area contributed by atoms with Gasteiger partial charge < -0.3 is 24.3 Å². The van der Waals surface area contributed by atoms with Gasteiger partial charge in [0, 0.05) is 47.5 Å². The van der Waals surface area contributed by atoms with Gasteiger partial charge >= 0.3 is 5.97 Å². The van der Waals surface area contributed by atoms with Crippen molar-refractivity contribution >= 4 is 17.4 Å². The van der Waals surface area contributed by atoms with Gasteiger partial charge in [-0.1, -0.05) is 18.2 Å². The van der Waals surface area contributed by atoms with E-state index in [1.54, 1.807) is 40.2 Å². The lowest BCUT2D eigenvalue weighted by Crippen LogP contribution is -2.36. The Kier molecular flexibility index (Phi) is 8.89. The summed E-state index contributed by atoms with van der Waals surface area (Å²) in [5.41, 5.74) is 3.73. The van der Waals surface area contributed by atoms with Crippen molar-refractivity contribution in [3.05, 3.63) is 85.7 Å². The fourth-order valence-electron chi connectivity index (χ4n) is 5.40. The normalized spacial score (nSPS) is 18.7. The number of methoxy groups -OCH3 is 2. The number of carbonyl (C=O) groups excluding carboxylic acids is 2. The maximum absolute atomic E-state index is 13.9. The predicted octanol–water partition coefficient (Wildman–Crippen LogP) is 4.86. The van der Waals surface area contributed by atoms with Gasteiger partial charge in [-0.3, -0.25) is 14.9 Å². The molecule has 0 spiro atoms. The Morgan fingerprint density at radius 1 is 1.02 bits per heavy atom. The number of nitro groups is 1. The quantitative estimate of drug-likeness (QED) is 0.191. The van der Waals surface area contributed by atoms with Crippen LogP contribution in [0.4, 0.5) is 5.69 Å². The molecule has 1 aliphatic heterocycles. The molecule has 0 fully saturated rings. The van der Waals surface area contributed by atoms with Crippen LogP contribution in [0, 0.1) is 17.0 Å². The lowest BCUT2D eigenvalue weighted by molar-refractivity contribution is -0.385. The highest BCUT2D eigenvalue weighted by molar-refractivity contribution is 6.04. The molecule has 10 nitrogen and oxygen atoms in total. The third-order valence-electron chi connectivity index (χ3n) is 7.35. The van der Waals surface area contributed by atoms with Gasteiger partial charge in [-0.05, 0) is 56.4 Å². The Morgan fingerprint density at radius 3 is 2.42 bits per heavy atom. The highest BCUT2D eigenvalue weighted by Gasteiger charge is 2.42. The number of allylic oxidation sites excluding steroid dienone is 3. The second-order valence-corrected chi connectivity index (χ2v) is 9.77. The summed E-state index contributed by atoms with van der Waals surface area (Å²) >= 11 is 0. The van der Waals surface area contributed by atoms with Crippen LogP contribution in [0.15, 0.2) is 58.9 Å². The monoisotopic (exact) mass is 550 g/mol. The van der Waals surface area contributed by atoms with Crippen molar-refractivity contribution in [2.45, 2.75) is 45.4 Å². The van der Waals surface area contributed by atoms with Crippen LogP contribution in [0.2, 0.25) is 0 Å². The molecule has 4 rings (SSSR count). The highest BCUT2D eigenvalue weighted by atomic mass is 16.6. The number of Topliss-reactive ketones (excluding diaryl/α,β-unsaturated/α-hetero) is 1. The summed E-state index contributed by atoms with van der Waals surface area (Å²) in [7, 11) is 3.13. The van der Waals surface area contributed by atoms with Crippen molar-refractivity contribution in [2.75, 3.05) is 34.0 Å². The summed E-state index contributed by atoms with van der Waals surface area (Å²) in [4.78, 5) is 38.5. The van der Waals surface area contributed by atoms with E-state index in [2.05, 4.69) is 5.32 Å². The Morgan fingerprint density at radius 2 is 1.75 bits per heavy atom. The SMILES string of the molecule is CCOCCOC(=O)C1=C(C)NC2=C(C(=O)CC(c3ccc(OC)c(OC)c3)C2)C1c1ccc(C)c([N+](=O)[O-])c1. The van der Waals surface area contributed by atoms with Crippen LogP contribution in [-0.4, -0.2) is 50.7 Å². The summed E-state index contributed by atoms with van der Waals surface area (Å²) in [5, 5.41) is 15.1. The van der Waals surface area contributed by atoms with Crippen molar-refractivity contribution in [2.24, 2.45) is 0 Å². The van der Waals surface area contributed by atoms with Crippen molar-refractivity contribution in [1.82, 2.24) is 5.32 Å². The number of dihydropyridines is 1. The van der Waals surface area contributed by atoms with E-state index < -0.39 is 16.8 Å². The smallest absolute Gasteiger partial charge is 0.336 e. The number of hydrogen-bond acceptors (Lipinski definition) is 9. The summed E-state index contributed by atoms with van der Waals surface area (Å²) in [6.07, 6.45) is 0.706. The zero-order valence-corrected chi connectivity index (χ0v) is 23.4. The van der Waals surface area contributed by atoms with Gasteiger partial charge in [0.1, 0.15) is 6.61 Å². The summed E-state index contributed by atoms with van der Waals surface area (Å²) in [6, 6.07) is 10.4. The molecule has 10 heteroatoms. The Labute approximate surface area is 233 Å². The molecule has 0 amide bonds. The average molecular weight is 551 g/mol. The summed E-state index contributed by atoms with van der Waals surface area (Å²) in [6.45, 7) is 6.02. The molecule has 0 saturated heterocycles. The van der Waals surface area contributed by atoms with Crippen molar-refractivity contribution in [1.29, 1.82) is 0 Å². The zero-order valence-electron chi connectivity index (χ0n) is 23.4. The van der Waals surface area contributed by atoms with Crippen LogP contribution in [-0.2, 0) is 19.1 Å².